The van der Waals surface area contributed by atoms with Gasteiger partial charge in [0.1, 0.15) is 0 Å². The topological polar surface area (TPSA) is 63.2 Å². The molecule has 1 aromatic rings. The molecule has 0 saturated carbocycles. The van der Waals surface area contributed by atoms with Gasteiger partial charge in [0.2, 0.25) is 0 Å². The first-order valence-corrected chi connectivity index (χ1v) is 7.77. The number of benzene rings is 1. The Hall–Kier alpha value is -1.36. The lowest BCUT2D eigenvalue weighted by Crippen LogP contribution is -2.35. The Balaban J connectivity index is 2.08. The number of hydrogen-bond acceptors (Lipinski definition) is 3. The number of carbonyl (C=O) groups excluding carboxylic acids is 1. The van der Waals surface area contributed by atoms with Crippen LogP contribution in [0.15, 0.2) is 18.2 Å². The van der Waals surface area contributed by atoms with Crippen LogP contribution >= 0.6 is 0 Å². The van der Waals surface area contributed by atoms with Crippen molar-refractivity contribution in [3.8, 4) is 0 Å². The summed E-state index contributed by atoms with van der Waals surface area (Å²) in [5.41, 5.74) is 2.65. The molecule has 1 aliphatic rings. The Morgan fingerprint density at radius 2 is 1.83 bits per heavy atom. The molecule has 1 amide bonds. The second-order valence-electron chi connectivity index (χ2n) is 4.95. The Bertz CT molecular complexity index is 558. The maximum Gasteiger partial charge on any atom is 0.251 e. The summed E-state index contributed by atoms with van der Waals surface area (Å²) in [5, 5.41) is 2.79. The van der Waals surface area contributed by atoms with Crippen LogP contribution in [0.25, 0.3) is 0 Å². The van der Waals surface area contributed by atoms with Gasteiger partial charge in [0.15, 0.2) is 9.84 Å². The summed E-state index contributed by atoms with van der Waals surface area (Å²) >= 11 is 0. The van der Waals surface area contributed by atoms with Crippen LogP contribution in [0.2, 0.25) is 0 Å². The van der Waals surface area contributed by atoms with Crippen molar-refractivity contribution in [1.82, 2.24) is 5.32 Å². The van der Waals surface area contributed by atoms with Gasteiger partial charge in [-0.15, -0.1) is 0 Å². The van der Waals surface area contributed by atoms with Crippen molar-refractivity contribution >= 4 is 15.7 Å². The third-order valence-corrected chi connectivity index (χ3v) is 4.82. The number of sulfone groups is 1. The summed E-state index contributed by atoms with van der Waals surface area (Å²) in [5.74, 6) is 0.0397. The molecule has 1 saturated heterocycles. The average molecular weight is 267 g/mol. The van der Waals surface area contributed by atoms with Gasteiger partial charge in [-0.3, -0.25) is 4.79 Å². The molecule has 98 valence electrons. The lowest BCUT2D eigenvalue weighted by molar-refractivity contribution is 0.0941. The zero-order valence-corrected chi connectivity index (χ0v) is 11.4. The Kier molecular flexibility index (Phi) is 3.43. The van der Waals surface area contributed by atoms with Gasteiger partial charge in [0, 0.05) is 11.6 Å². The lowest BCUT2D eigenvalue weighted by Gasteiger charge is -2.11. The largest absolute Gasteiger partial charge is 0.348 e. The zero-order valence-electron chi connectivity index (χ0n) is 10.6. The maximum atomic E-state index is 12.0. The van der Waals surface area contributed by atoms with Crippen molar-refractivity contribution in [2.75, 3.05) is 11.5 Å². The smallest absolute Gasteiger partial charge is 0.251 e. The van der Waals surface area contributed by atoms with E-state index in [-0.39, 0.29) is 23.5 Å². The summed E-state index contributed by atoms with van der Waals surface area (Å²) < 4.78 is 22.6. The van der Waals surface area contributed by atoms with Gasteiger partial charge in [-0.05, 0) is 32.4 Å². The van der Waals surface area contributed by atoms with E-state index in [9.17, 15) is 13.2 Å². The number of rotatable bonds is 2. The number of nitrogens with one attached hydrogen (secondary N) is 1. The van der Waals surface area contributed by atoms with E-state index in [1.54, 1.807) is 0 Å². The molecule has 18 heavy (non-hydrogen) atoms. The van der Waals surface area contributed by atoms with Crippen LogP contribution < -0.4 is 5.32 Å². The molecule has 0 radical (unpaired) electrons. The molecule has 1 atom stereocenters. The second-order valence-corrected chi connectivity index (χ2v) is 7.18. The van der Waals surface area contributed by atoms with Crippen molar-refractivity contribution in [3.05, 3.63) is 34.9 Å². The summed E-state index contributed by atoms with van der Waals surface area (Å²) in [6.45, 7) is 3.87. The summed E-state index contributed by atoms with van der Waals surface area (Å²) in [6, 6.07) is 5.37. The minimum absolute atomic E-state index is 0.0591. The summed E-state index contributed by atoms with van der Waals surface area (Å²) in [7, 11) is -2.95. The molecule has 2 rings (SSSR count). The molecule has 0 unspecified atom stereocenters. The van der Waals surface area contributed by atoms with Crippen molar-refractivity contribution in [1.29, 1.82) is 0 Å². The summed E-state index contributed by atoms with van der Waals surface area (Å²) in [4.78, 5) is 12.0. The molecule has 0 aliphatic carbocycles. The molecule has 1 aromatic carbocycles. The van der Waals surface area contributed by atoms with Crippen LogP contribution in [0.1, 0.15) is 27.9 Å². The number of amides is 1. The fraction of sp³-hybridized carbons (Fsp3) is 0.462. The molecule has 1 fully saturated rings. The average Bonchev–Trinajstić information content (AvgIpc) is 2.56. The monoisotopic (exact) mass is 267 g/mol. The van der Waals surface area contributed by atoms with Crippen molar-refractivity contribution in [2.45, 2.75) is 26.3 Å². The van der Waals surface area contributed by atoms with E-state index in [1.165, 1.54) is 0 Å². The fourth-order valence-corrected chi connectivity index (χ4v) is 3.96. The van der Waals surface area contributed by atoms with Crippen molar-refractivity contribution < 1.29 is 13.2 Å². The minimum Gasteiger partial charge on any atom is -0.348 e. The molecule has 1 aliphatic heterocycles. The normalized spacial score (nSPS) is 21.8. The zero-order chi connectivity index (χ0) is 13.3. The van der Waals surface area contributed by atoms with E-state index in [4.69, 9.17) is 0 Å². The van der Waals surface area contributed by atoms with E-state index >= 15 is 0 Å². The van der Waals surface area contributed by atoms with Gasteiger partial charge in [-0.25, -0.2) is 8.42 Å². The van der Waals surface area contributed by atoms with Crippen LogP contribution in [0.4, 0.5) is 0 Å². The van der Waals surface area contributed by atoms with Gasteiger partial charge in [-0.1, -0.05) is 17.2 Å². The highest BCUT2D eigenvalue weighted by Crippen LogP contribution is 2.13. The lowest BCUT2D eigenvalue weighted by atomic mass is 10.1. The first-order chi connectivity index (χ1) is 8.35. The SMILES string of the molecule is Cc1cc(C)cc(C(=O)N[C@H]2CCS(=O)(=O)C2)c1. The maximum absolute atomic E-state index is 12.0. The minimum atomic E-state index is -2.95. The van der Waals surface area contributed by atoms with Gasteiger partial charge in [-0.2, -0.15) is 0 Å². The van der Waals surface area contributed by atoms with Gasteiger partial charge in [0.05, 0.1) is 11.5 Å². The molecule has 0 spiro atoms. The van der Waals surface area contributed by atoms with Crippen LogP contribution in [-0.2, 0) is 9.84 Å². The van der Waals surface area contributed by atoms with Gasteiger partial charge < -0.3 is 5.32 Å². The predicted molar refractivity (Wildman–Crippen MR) is 70.4 cm³/mol. The molecule has 1 N–H and O–H groups in total. The fourth-order valence-electron chi connectivity index (χ4n) is 2.28. The van der Waals surface area contributed by atoms with Crippen LogP contribution in [0.5, 0.6) is 0 Å². The quantitative estimate of drug-likeness (QED) is 0.876. The molecule has 4 nitrogen and oxygen atoms in total. The third kappa shape index (κ3) is 3.10. The Morgan fingerprint density at radius 3 is 2.33 bits per heavy atom. The number of aryl methyl sites for hydroxylation is 2. The van der Waals surface area contributed by atoms with Crippen molar-refractivity contribution in [2.24, 2.45) is 0 Å². The number of carbonyl (C=O) groups is 1. The van der Waals surface area contributed by atoms with Gasteiger partial charge >= 0.3 is 0 Å². The Labute approximate surface area is 107 Å². The first-order valence-electron chi connectivity index (χ1n) is 5.95. The molecule has 5 heteroatoms. The Morgan fingerprint density at radius 1 is 1.22 bits per heavy atom. The van der Waals surface area contributed by atoms with Crippen LogP contribution in [0.3, 0.4) is 0 Å². The van der Waals surface area contributed by atoms with E-state index < -0.39 is 9.84 Å². The first kappa shape index (κ1) is 13.1. The van der Waals surface area contributed by atoms with E-state index in [0.29, 0.717) is 12.0 Å². The van der Waals surface area contributed by atoms with E-state index in [1.807, 2.05) is 32.0 Å². The molecular formula is C13H17NO3S. The highest BCUT2D eigenvalue weighted by atomic mass is 32.2. The summed E-state index contributed by atoms with van der Waals surface area (Å²) in [6.07, 6.45) is 0.513. The van der Waals surface area contributed by atoms with Gasteiger partial charge in [0.25, 0.3) is 5.91 Å². The number of hydrogen-bond donors (Lipinski definition) is 1. The van der Waals surface area contributed by atoms with Crippen molar-refractivity contribution in [3.63, 3.8) is 0 Å². The van der Waals surface area contributed by atoms with Crippen LogP contribution in [0, 0.1) is 13.8 Å². The van der Waals surface area contributed by atoms with E-state index in [2.05, 4.69) is 5.32 Å². The molecule has 0 bridgehead atoms. The molecule has 0 aromatic heterocycles. The second kappa shape index (κ2) is 4.72. The molecule has 1 heterocycles. The third-order valence-electron chi connectivity index (χ3n) is 3.05. The standard InChI is InChI=1S/C13H17NO3S/c1-9-5-10(2)7-11(6-9)13(15)14-12-3-4-18(16,17)8-12/h5-7,12H,3-4,8H2,1-2H3,(H,14,15)/t12-/m0/s1. The van der Waals surface area contributed by atoms with E-state index in [0.717, 1.165) is 11.1 Å². The van der Waals surface area contributed by atoms with Crippen LogP contribution in [-0.4, -0.2) is 31.9 Å². The highest BCUT2D eigenvalue weighted by Gasteiger charge is 2.29. The highest BCUT2D eigenvalue weighted by molar-refractivity contribution is 7.91. The molecular weight excluding hydrogens is 250 g/mol. The predicted octanol–water partition coefficient (Wildman–Crippen LogP) is 1.22.